The summed E-state index contributed by atoms with van der Waals surface area (Å²) >= 11 is 0. The lowest BCUT2D eigenvalue weighted by molar-refractivity contribution is 0.250. The van der Waals surface area contributed by atoms with Crippen LogP contribution in [0.25, 0.3) is 0 Å². The molecule has 7 heteroatoms. The minimum absolute atomic E-state index is 0.105. The lowest BCUT2D eigenvalue weighted by Gasteiger charge is -2.32. The van der Waals surface area contributed by atoms with Gasteiger partial charge in [-0.05, 0) is 51.4 Å². The maximum atomic E-state index is 11.4. The van der Waals surface area contributed by atoms with Crippen molar-refractivity contribution < 1.29 is 8.42 Å². The van der Waals surface area contributed by atoms with Gasteiger partial charge in [0.05, 0.1) is 12.3 Å². The Kier molecular flexibility index (Phi) is 8.91. The van der Waals surface area contributed by atoms with Gasteiger partial charge in [0.1, 0.15) is 0 Å². The minimum Gasteiger partial charge on any atom is -0.357 e. The van der Waals surface area contributed by atoms with Crippen LogP contribution in [0.3, 0.4) is 0 Å². The van der Waals surface area contributed by atoms with E-state index in [4.69, 9.17) is 0 Å². The van der Waals surface area contributed by atoms with Crippen LogP contribution in [0.15, 0.2) is 4.99 Å². The van der Waals surface area contributed by atoms with Crippen molar-refractivity contribution in [3.63, 3.8) is 0 Å². The topological polar surface area (TPSA) is 82.6 Å². The molecule has 0 unspecified atom stereocenters. The van der Waals surface area contributed by atoms with E-state index >= 15 is 0 Å². The summed E-state index contributed by atoms with van der Waals surface area (Å²) in [6.45, 7) is 9.86. The minimum atomic E-state index is -3.13. The number of nitrogens with one attached hydrogen (secondary N) is 3. The van der Waals surface area contributed by atoms with E-state index in [9.17, 15) is 8.42 Å². The molecule has 0 aliphatic heterocycles. The molecule has 0 amide bonds. The average molecular weight is 347 g/mol. The van der Waals surface area contributed by atoms with E-state index in [0.717, 1.165) is 24.3 Å². The molecule has 0 atom stereocenters. The van der Waals surface area contributed by atoms with Crippen LogP contribution in [0.4, 0.5) is 0 Å². The first-order valence-corrected chi connectivity index (χ1v) is 10.5. The molecular formula is C16H34N4O2S. The lowest BCUT2D eigenvalue weighted by Crippen LogP contribution is -2.45. The summed E-state index contributed by atoms with van der Waals surface area (Å²) in [5.74, 6) is 2.50. The fourth-order valence-electron chi connectivity index (χ4n) is 2.91. The Morgan fingerprint density at radius 2 is 1.83 bits per heavy atom. The summed E-state index contributed by atoms with van der Waals surface area (Å²) in [4.78, 5) is 4.47. The standard InChI is InChI=1S/C16H34N4O2S/c1-5-17-16(18-11-12-19-23(21,22)6-2)20-15-9-7-14(8-10-15)13(3)4/h13-15,19H,5-12H2,1-4H3,(H2,17,18,20). The Hall–Kier alpha value is -0.820. The second-order valence-corrected chi connectivity index (χ2v) is 8.65. The number of rotatable bonds is 8. The molecule has 0 spiro atoms. The van der Waals surface area contributed by atoms with E-state index in [1.807, 2.05) is 6.92 Å². The number of hydrogen-bond donors (Lipinski definition) is 3. The highest BCUT2D eigenvalue weighted by atomic mass is 32.2. The van der Waals surface area contributed by atoms with Crippen LogP contribution in [0.2, 0.25) is 0 Å². The summed E-state index contributed by atoms with van der Waals surface area (Å²) in [6, 6.07) is 0.468. The summed E-state index contributed by atoms with van der Waals surface area (Å²) in [5.41, 5.74) is 0. The van der Waals surface area contributed by atoms with Crippen molar-refractivity contribution in [2.75, 3.05) is 25.4 Å². The highest BCUT2D eigenvalue weighted by Crippen LogP contribution is 2.29. The second kappa shape index (κ2) is 10.1. The molecule has 0 aromatic rings. The van der Waals surface area contributed by atoms with Crippen molar-refractivity contribution in [3.8, 4) is 0 Å². The molecule has 0 heterocycles. The zero-order chi connectivity index (χ0) is 17.3. The van der Waals surface area contributed by atoms with E-state index in [1.165, 1.54) is 25.7 Å². The van der Waals surface area contributed by atoms with Gasteiger partial charge in [-0.2, -0.15) is 0 Å². The smallest absolute Gasteiger partial charge is 0.211 e. The van der Waals surface area contributed by atoms with Crippen molar-refractivity contribution in [2.45, 2.75) is 59.4 Å². The molecule has 1 rings (SSSR count). The lowest BCUT2D eigenvalue weighted by atomic mass is 9.80. The van der Waals surface area contributed by atoms with E-state index < -0.39 is 10.0 Å². The molecule has 3 N–H and O–H groups in total. The molecule has 1 aliphatic carbocycles. The maximum absolute atomic E-state index is 11.4. The van der Waals surface area contributed by atoms with Crippen molar-refractivity contribution in [2.24, 2.45) is 16.8 Å². The summed E-state index contributed by atoms with van der Waals surface area (Å²) in [7, 11) is -3.13. The summed E-state index contributed by atoms with van der Waals surface area (Å²) < 4.78 is 25.3. The molecule has 1 aliphatic rings. The quantitative estimate of drug-likeness (QED) is 0.355. The third-order valence-electron chi connectivity index (χ3n) is 4.48. The number of nitrogens with zero attached hydrogens (tertiary/aromatic N) is 1. The molecule has 0 radical (unpaired) electrons. The maximum Gasteiger partial charge on any atom is 0.211 e. The van der Waals surface area contributed by atoms with Gasteiger partial charge in [-0.3, -0.25) is 4.99 Å². The van der Waals surface area contributed by atoms with Crippen LogP contribution in [0.5, 0.6) is 0 Å². The van der Waals surface area contributed by atoms with Gasteiger partial charge in [0.15, 0.2) is 5.96 Å². The van der Waals surface area contributed by atoms with Gasteiger partial charge < -0.3 is 10.6 Å². The fraction of sp³-hybridized carbons (Fsp3) is 0.938. The van der Waals surface area contributed by atoms with Gasteiger partial charge in [-0.25, -0.2) is 13.1 Å². The Labute approximate surface area is 142 Å². The van der Waals surface area contributed by atoms with Gasteiger partial charge in [-0.1, -0.05) is 13.8 Å². The number of guanidine groups is 1. The predicted molar refractivity (Wildman–Crippen MR) is 97.2 cm³/mol. The van der Waals surface area contributed by atoms with Gasteiger partial charge >= 0.3 is 0 Å². The average Bonchev–Trinajstić information content (AvgIpc) is 2.52. The second-order valence-electron chi connectivity index (χ2n) is 6.56. The normalized spacial score (nSPS) is 23.1. The van der Waals surface area contributed by atoms with Crippen LogP contribution in [0.1, 0.15) is 53.4 Å². The molecule has 0 aromatic heterocycles. The Balaban J connectivity index is 2.41. The first-order valence-electron chi connectivity index (χ1n) is 8.90. The largest absolute Gasteiger partial charge is 0.357 e. The van der Waals surface area contributed by atoms with Crippen LogP contribution in [-0.2, 0) is 10.0 Å². The fourth-order valence-corrected chi connectivity index (χ4v) is 3.52. The SMILES string of the molecule is CCNC(=NCCNS(=O)(=O)CC)NC1CCC(C(C)C)CC1. The molecule has 0 bridgehead atoms. The van der Waals surface area contributed by atoms with Crippen LogP contribution < -0.4 is 15.4 Å². The first-order chi connectivity index (χ1) is 10.9. The van der Waals surface area contributed by atoms with E-state index in [1.54, 1.807) is 6.92 Å². The zero-order valence-electron chi connectivity index (χ0n) is 15.1. The molecule has 23 heavy (non-hydrogen) atoms. The molecular weight excluding hydrogens is 312 g/mol. The first kappa shape index (κ1) is 20.2. The van der Waals surface area contributed by atoms with Gasteiger partial charge in [0, 0.05) is 19.1 Å². The van der Waals surface area contributed by atoms with Crippen molar-refractivity contribution >= 4 is 16.0 Å². The Morgan fingerprint density at radius 1 is 1.17 bits per heavy atom. The van der Waals surface area contributed by atoms with Gasteiger partial charge in [0.2, 0.25) is 10.0 Å². The predicted octanol–water partition coefficient (Wildman–Crippen LogP) is 1.70. The third kappa shape index (κ3) is 8.01. The number of aliphatic imine (C=N–C) groups is 1. The summed E-state index contributed by atoms with van der Waals surface area (Å²) in [5, 5.41) is 6.73. The van der Waals surface area contributed by atoms with E-state index in [-0.39, 0.29) is 5.75 Å². The molecule has 6 nitrogen and oxygen atoms in total. The van der Waals surface area contributed by atoms with E-state index in [2.05, 4.69) is 34.2 Å². The third-order valence-corrected chi connectivity index (χ3v) is 5.89. The van der Waals surface area contributed by atoms with Crippen molar-refractivity contribution in [1.82, 2.24) is 15.4 Å². The number of sulfonamides is 1. The Morgan fingerprint density at radius 3 is 2.35 bits per heavy atom. The molecule has 1 fully saturated rings. The molecule has 0 saturated heterocycles. The molecule has 136 valence electrons. The number of hydrogen-bond acceptors (Lipinski definition) is 3. The van der Waals surface area contributed by atoms with Crippen molar-refractivity contribution in [3.05, 3.63) is 0 Å². The van der Waals surface area contributed by atoms with E-state index in [0.29, 0.717) is 19.1 Å². The highest BCUT2D eigenvalue weighted by Gasteiger charge is 2.23. The van der Waals surface area contributed by atoms with Crippen LogP contribution in [0, 0.1) is 11.8 Å². The van der Waals surface area contributed by atoms with Crippen molar-refractivity contribution in [1.29, 1.82) is 0 Å². The Bertz CT molecular complexity index is 455. The zero-order valence-corrected chi connectivity index (χ0v) is 15.9. The molecule has 0 aromatic carbocycles. The van der Waals surface area contributed by atoms with Gasteiger partial charge in [0.25, 0.3) is 0 Å². The van der Waals surface area contributed by atoms with Crippen LogP contribution in [-0.4, -0.2) is 45.8 Å². The van der Waals surface area contributed by atoms with Gasteiger partial charge in [-0.15, -0.1) is 0 Å². The molecule has 1 saturated carbocycles. The summed E-state index contributed by atoms with van der Waals surface area (Å²) in [6.07, 6.45) is 4.89. The van der Waals surface area contributed by atoms with Crippen LogP contribution >= 0.6 is 0 Å². The highest BCUT2D eigenvalue weighted by molar-refractivity contribution is 7.89. The monoisotopic (exact) mass is 346 g/mol.